The second-order valence-electron chi connectivity index (χ2n) is 9.39. The maximum atomic E-state index is 13.8. The molecule has 11 heteroatoms. The molecule has 0 spiro atoms. The third kappa shape index (κ3) is 5.37. The van der Waals surface area contributed by atoms with Crippen molar-refractivity contribution in [3.05, 3.63) is 24.3 Å². The number of sulfone groups is 1. The molecule has 1 aromatic rings. The summed E-state index contributed by atoms with van der Waals surface area (Å²) < 4.78 is 42.1. The fourth-order valence-corrected chi connectivity index (χ4v) is 5.98. The molecule has 0 radical (unpaired) electrons. The number of nitrogens with zero attached hydrogens (tertiary/aromatic N) is 1. The number of carbonyl (C=O) groups is 2. The van der Waals surface area contributed by atoms with Crippen molar-refractivity contribution in [1.82, 2.24) is 10.4 Å². The first kappa shape index (κ1) is 27.1. The summed E-state index contributed by atoms with van der Waals surface area (Å²) in [6.45, 7) is 6.94. The van der Waals surface area contributed by atoms with Crippen molar-refractivity contribution < 1.29 is 37.4 Å². The van der Waals surface area contributed by atoms with Crippen LogP contribution in [0.4, 0.5) is 0 Å². The minimum atomic E-state index is -4.30. The number of hydrogen-bond donors (Lipinski definition) is 2. The monoisotopic (exact) mass is 508 g/mol. The summed E-state index contributed by atoms with van der Waals surface area (Å²) >= 11 is 0. The first-order chi connectivity index (χ1) is 16.4. The molecule has 0 unspecified atom stereocenters. The lowest BCUT2D eigenvalue weighted by atomic mass is 9.89. The highest BCUT2D eigenvalue weighted by Crippen LogP contribution is 2.38. The molecule has 2 fully saturated rings. The van der Waals surface area contributed by atoms with Crippen molar-refractivity contribution in [2.75, 3.05) is 32.9 Å². The molecule has 35 heavy (non-hydrogen) atoms. The quantitative estimate of drug-likeness (QED) is 0.254. The van der Waals surface area contributed by atoms with Crippen LogP contribution in [0.2, 0.25) is 0 Å². The smallest absolute Gasteiger partial charge is 0.275 e. The molecule has 3 rings (SSSR count). The summed E-state index contributed by atoms with van der Waals surface area (Å²) in [5, 5.41) is 13.7. The molecule has 2 aliphatic heterocycles. The van der Waals surface area contributed by atoms with Gasteiger partial charge in [-0.3, -0.25) is 14.8 Å². The average Bonchev–Trinajstić information content (AvgIpc) is 2.85. The van der Waals surface area contributed by atoms with Gasteiger partial charge in [-0.05, 0) is 77.9 Å². The lowest BCUT2D eigenvalue weighted by molar-refractivity contribution is -0.282. The number of rotatable bonds is 6. The molecule has 2 N–H and O–H groups in total. The Hall–Kier alpha value is -2.49. The van der Waals surface area contributed by atoms with Crippen LogP contribution in [0.5, 0.6) is 5.75 Å². The zero-order chi connectivity index (χ0) is 25.9. The number of piperidine rings is 1. The van der Waals surface area contributed by atoms with Gasteiger partial charge in [0.25, 0.3) is 11.8 Å². The van der Waals surface area contributed by atoms with Crippen molar-refractivity contribution in [3.63, 3.8) is 0 Å². The van der Waals surface area contributed by atoms with Crippen LogP contribution < -0.4 is 10.1 Å². The van der Waals surface area contributed by atoms with Crippen LogP contribution in [0.25, 0.3) is 0 Å². The number of imide groups is 1. The molecule has 0 atom stereocenters. The van der Waals surface area contributed by atoms with E-state index in [0.717, 1.165) is 0 Å². The second-order valence-corrected chi connectivity index (χ2v) is 11.7. The van der Waals surface area contributed by atoms with Crippen molar-refractivity contribution in [2.45, 2.75) is 56.0 Å². The van der Waals surface area contributed by atoms with Crippen LogP contribution in [0.15, 0.2) is 29.2 Å². The highest BCUT2D eigenvalue weighted by molar-refractivity contribution is 7.93. The van der Waals surface area contributed by atoms with Crippen LogP contribution in [-0.2, 0) is 28.9 Å². The van der Waals surface area contributed by atoms with Gasteiger partial charge in [-0.15, -0.1) is 5.92 Å². The SMILES string of the molecule is CC#CCOc1ccc(S(=O)(=O)C2(C(=O)N(O)C(=O)C3(C)COC(C)(C)OC3)CCNCC2)cc1. The molecular formula is C24H32N2O8S. The Bertz CT molecular complexity index is 1100. The van der Waals surface area contributed by atoms with E-state index in [9.17, 15) is 23.2 Å². The molecule has 0 saturated carbocycles. The van der Waals surface area contributed by atoms with Crippen LogP contribution >= 0.6 is 0 Å². The van der Waals surface area contributed by atoms with E-state index in [0.29, 0.717) is 5.75 Å². The van der Waals surface area contributed by atoms with Crippen LogP contribution in [0.1, 0.15) is 40.5 Å². The fourth-order valence-electron chi connectivity index (χ4n) is 3.97. The van der Waals surface area contributed by atoms with E-state index in [1.807, 2.05) is 0 Å². The average molecular weight is 509 g/mol. The Morgan fingerprint density at radius 3 is 2.20 bits per heavy atom. The predicted molar refractivity (Wildman–Crippen MR) is 125 cm³/mol. The molecule has 10 nitrogen and oxygen atoms in total. The summed E-state index contributed by atoms with van der Waals surface area (Å²) in [7, 11) is -4.30. The van der Waals surface area contributed by atoms with Crippen LogP contribution in [0.3, 0.4) is 0 Å². The first-order valence-corrected chi connectivity index (χ1v) is 12.8. The second kappa shape index (κ2) is 10.2. The van der Waals surface area contributed by atoms with E-state index in [4.69, 9.17) is 14.2 Å². The standard InChI is InChI=1S/C24H32N2O8S/c1-5-6-15-32-18-7-9-19(10-8-18)35(30,31)24(11-13-25-14-12-24)21(28)26(29)20(27)23(4)16-33-22(2,3)34-17-23/h7-10,25,29H,11-17H2,1-4H3. The fraction of sp³-hybridized carbons (Fsp3) is 0.583. The van der Waals surface area contributed by atoms with E-state index in [1.165, 1.54) is 31.2 Å². The molecule has 2 aliphatic rings. The summed E-state index contributed by atoms with van der Waals surface area (Å²) in [5.41, 5.74) is -1.36. The zero-order valence-corrected chi connectivity index (χ0v) is 21.2. The van der Waals surface area contributed by atoms with E-state index < -0.39 is 37.6 Å². The Morgan fingerprint density at radius 2 is 1.66 bits per heavy atom. The van der Waals surface area contributed by atoms with Crippen LogP contribution in [0, 0.1) is 17.3 Å². The Kier molecular flexibility index (Phi) is 7.93. The van der Waals surface area contributed by atoms with Gasteiger partial charge in [0.15, 0.2) is 20.4 Å². The summed E-state index contributed by atoms with van der Waals surface area (Å²) in [5.74, 6) is 2.79. The molecular weight excluding hydrogens is 476 g/mol. The van der Waals surface area contributed by atoms with Gasteiger partial charge in [0.2, 0.25) is 0 Å². The first-order valence-electron chi connectivity index (χ1n) is 11.3. The highest BCUT2D eigenvalue weighted by Gasteiger charge is 2.56. The van der Waals surface area contributed by atoms with Gasteiger partial charge in [0.1, 0.15) is 12.4 Å². The Labute approximate surface area is 205 Å². The van der Waals surface area contributed by atoms with Gasteiger partial charge >= 0.3 is 0 Å². The van der Waals surface area contributed by atoms with Crippen molar-refractivity contribution in [3.8, 4) is 17.6 Å². The maximum absolute atomic E-state index is 13.8. The van der Waals surface area contributed by atoms with Crippen molar-refractivity contribution >= 4 is 21.7 Å². The maximum Gasteiger partial charge on any atom is 0.275 e. The summed E-state index contributed by atoms with van der Waals surface area (Å²) in [6.07, 6.45) is -0.223. The zero-order valence-electron chi connectivity index (χ0n) is 20.4. The number of carbonyl (C=O) groups excluding carboxylic acids is 2. The lowest BCUT2D eigenvalue weighted by Crippen LogP contribution is -2.62. The lowest BCUT2D eigenvalue weighted by Gasteiger charge is -2.42. The molecule has 0 aromatic heterocycles. The predicted octanol–water partition coefficient (Wildman–Crippen LogP) is 1.52. The third-order valence-corrected chi connectivity index (χ3v) is 8.82. The number of hydrogen-bond acceptors (Lipinski definition) is 9. The van der Waals surface area contributed by atoms with Gasteiger partial charge in [0.05, 0.1) is 23.5 Å². The number of hydroxylamine groups is 2. The third-order valence-electron chi connectivity index (χ3n) is 6.31. The van der Waals surface area contributed by atoms with E-state index >= 15 is 0 Å². The molecule has 0 bridgehead atoms. The number of ether oxygens (including phenoxy) is 3. The molecule has 192 valence electrons. The van der Waals surface area contributed by atoms with E-state index in [2.05, 4.69) is 17.2 Å². The number of nitrogens with one attached hydrogen (secondary N) is 1. The summed E-state index contributed by atoms with van der Waals surface area (Å²) in [6, 6.07) is 5.64. The van der Waals surface area contributed by atoms with E-state index in [1.54, 1.807) is 20.8 Å². The summed E-state index contributed by atoms with van der Waals surface area (Å²) in [4.78, 5) is 26.6. The Morgan fingerprint density at radius 1 is 1.09 bits per heavy atom. The number of amides is 2. The topological polar surface area (TPSA) is 131 Å². The minimum Gasteiger partial charge on any atom is -0.481 e. The normalized spacial score (nSPS) is 20.7. The molecule has 1 aromatic carbocycles. The van der Waals surface area contributed by atoms with Gasteiger partial charge < -0.3 is 19.5 Å². The van der Waals surface area contributed by atoms with Gasteiger partial charge in [-0.25, -0.2) is 8.42 Å². The van der Waals surface area contributed by atoms with Gasteiger partial charge in [0, 0.05) is 0 Å². The van der Waals surface area contributed by atoms with Crippen molar-refractivity contribution in [2.24, 2.45) is 5.41 Å². The molecule has 0 aliphatic carbocycles. The molecule has 2 saturated heterocycles. The minimum absolute atomic E-state index is 0.0607. The van der Waals surface area contributed by atoms with Crippen LogP contribution in [-0.4, -0.2) is 73.9 Å². The largest absolute Gasteiger partial charge is 0.481 e. The van der Waals surface area contributed by atoms with Crippen molar-refractivity contribution in [1.29, 1.82) is 0 Å². The van der Waals surface area contributed by atoms with E-state index in [-0.39, 0.29) is 55.7 Å². The van der Waals surface area contributed by atoms with Gasteiger partial charge in [-0.2, -0.15) is 5.06 Å². The highest BCUT2D eigenvalue weighted by atomic mass is 32.2. The molecule has 2 amide bonds. The van der Waals surface area contributed by atoms with Gasteiger partial charge in [-0.1, -0.05) is 5.92 Å². The number of benzene rings is 1. The molecule has 2 heterocycles. The Balaban J connectivity index is 1.89.